The molecule has 1 rings (SSSR count). The van der Waals surface area contributed by atoms with Gasteiger partial charge in [0.25, 0.3) is 0 Å². The molecule has 1 aromatic rings. The van der Waals surface area contributed by atoms with Crippen molar-refractivity contribution in [2.45, 2.75) is 6.10 Å². The average molecular weight is 297 g/mol. The van der Waals surface area contributed by atoms with Crippen LogP contribution in [0.1, 0.15) is 11.7 Å². The summed E-state index contributed by atoms with van der Waals surface area (Å²) in [6.07, 6.45) is -2.19. The number of aliphatic hydroxyl groups is 1. The zero-order valence-corrected chi connectivity index (χ0v) is 9.59. The summed E-state index contributed by atoms with van der Waals surface area (Å²) in [6.45, 7) is 0. The summed E-state index contributed by atoms with van der Waals surface area (Å²) in [5, 5.41) is 17.8. The van der Waals surface area contributed by atoms with Crippen LogP contribution in [-0.4, -0.2) is 23.3 Å². The highest BCUT2D eigenvalue weighted by Crippen LogP contribution is 2.36. The third-order valence-corrected chi connectivity index (χ3v) is 2.46. The molecule has 0 fully saturated rings. The molecule has 0 heterocycles. The number of rotatable bonds is 3. The summed E-state index contributed by atoms with van der Waals surface area (Å²) < 4.78 is 31.1. The minimum absolute atomic E-state index is 0.0178. The van der Waals surface area contributed by atoms with Gasteiger partial charge in [-0.25, -0.2) is 13.6 Å². The van der Waals surface area contributed by atoms with Gasteiger partial charge in [0.05, 0.1) is 17.1 Å². The molecule has 1 aromatic carbocycles. The second-order valence-electron chi connectivity index (χ2n) is 2.84. The summed E-state index contributed by atoms with van der Waals surface area (Å²) in [4.78, 5) is 10.5. The molecule has 0 bridgehead atoms. The Morgan fingerprint density at radius 2 is 2.12 bits per heavy atom. The normalized spacial score (nSPS) is 12.3. The first-order valence-corrected chi connectivity index (χ1v) is 4.81. The van der Waals surface area contributed by atoms with Crippen LogP contribution in [-0.2, 0) is 4.79 Å². The summed E-state index contributed by atoms with van der Waals surface area (Å²) in [5.41, 5.74) is -0.748. The van der Waals surface area contributed by atoms with Crippen LogP contribution in [0.15, 0.2) is 10.5 Å². The minimum Gasteiger partial charge on any atom is -0.495 e. The number of carboxylic acids is 1. The van der Waals surface area contributed by atoms with E-state index < -0.39 is 29.3 Å². The van der Waals surface area contributed by atoms with Crippen LogP contribution in [0, 0.1) is 11.6 Å². The van der Waals surface area contributed by atoms with E-state index in [1.54, 1.807) is 0 Å². The van der Waals surface area contributed by atoms with Gasteiger partial charge < -0.3 is 14.9 Å². The average Bonchev–Trinajstić information content (AvgIpc) is 2.21. The van der Waals surface area contributed by atoms with E-state index in [0.717, 1.165) is 13.2 Å². The van der Waals surface area contributed by atoms with Crippen LogP contribution in [0.2, 0.25) is 0 Å². The molecule has 0 aromatic heterocycles. The lowest BCUT2D eigenvalue weighted by molar-refractivity contribution is -0.147. The van der Waals surface area contributed by atoms with Gasteiger partial charge in [-0.3, -0.25) is 0 Å². The number of carboxylic acid groups (broad SMARTS) is 1. The molecule has 0 aliphatic carbocycles. The van der Waals surface area contributed by atoms with E-state index >= 15 is 0 Å². The Hall–Kier alpha value is -1.21. The smallest absolute Gasteiger partial charge is 0.337 e. The monoisotopic (exact) mass is 296 g/mol. The molecule has 0 amide bonds. The van der Waals surface area contributed by atoms with Crippen molar-refractivity contribution in [1.29, 1.82) is 0 Å². The lowest BCUT2D eigenvalue weighted by atomic mass is 10.1. The van der Waals surface area contributed by atoms with Crippen molar-refractivity contribution in [3.05, 3.63) is 27.7 Å². The number of aliphatic carboxylic acids is 1. The fraction of sp³-hybridized carbons (Fsp3) is 0.222. The molecular formula is C9H7BrF2O4. The second kappa shape index (κ2) is 4.75. The first-order chi connectivity index (χ1) is 7.40. The topological polar surface area (TPSA) is 66.8 Å². The van der Waals surface area contributed by atoms with E-state index in [9.17, 15) is 18.7 Å². The lowest BCUT2D eigenvalue weighted by Crippen LogP contribution is -2.15. The largest absolute Gasteiger partial charge is 0.495 e. The molecule has 0 aliphatic heterocycles. The summed E-state index contributed by atoms with van der Waals surface area (Å²) in [6, 6.07) is 0.784. The maximum atomic E-state index is 13.3. The number of ether oxygens (including phenoxy) is 1. The fourth-order valence-electron chi connectivity index (χ4n) is 1.17. The van der Waals surface area contributed by atoms with Crippen molar-refractivity contribution in [1.82, 2.24) is 0 Å². The third-order valence-electron chi connectivity index (χ3n) is 1.87. The summed E-state index contributed by atoms with van der Waals surface area (Å²) >= 11 is 2.87. The third kappa shape index (κ3) is 2.14. The van der Waals surface area contributed by atoms with Gasteiger partial charge in [0.15, 0.2) is 17.7 Å². The second-order valence-corrected chi connectivity index (χ2v) is 3.70. The molecule has 2 N–H and O–H groups in total. The highest BCUT2D eigenvalue weighted by Gasteiger charge is 2.28. The maximum Gasteiger partial charge on any atom is 0.337 e. The number of halogens is 3. The molecule has 0 saturated carbocycles. The molecule has 4 nitrogen and oxygen atoms in total. The quantitative estimate of drug-likeness (QED) is 0.836. The van der Waals surface area contributed by atoms with Gasteiger partial charge in [0, 0.05) is 0 Å². The predicted octanol–water partition coefficient (Wildman–Crippen LogP) is 1.85. The fourth-order valence-corrected chi connectivity index (χ4v) is 1.75. The Labute approximate surface area is 97.6 Å². The Morgan fingerprint density at radius 1 is 1.56 bits per heavy atom. The Bertz CT molecular complexity index is 436. The minimum atomic E-state index is -2.19. The SMILES string of the molecule is COc1c(Br)cc(F)c(F)c1C(O)C(=O)O. The van der Waals surface area contributed by atoms with E-state index in [1.807, 2.05) is 0 Å². The van der Waals surface area contributed by atoms with E-state index in [4.69, 9.17) is 9.84 Å². The molecule has 0 spiro atoms. The highest BCUT2D eigenvalue weighted by molar-refractivity contribution is 9.10. The first-order valence-electron chi connectivity index (χ1n) is 4.02. The predicted molar refractivity (Wildman–Crippen MR) is 53.2 cm³/mol. The van der Waals surface area contributed by atoms with Gasteiger partial charge in [-0.1, -0.05) is 0 Å². The molecule has 88 valence electrons. The van der Waals surface area contributed by atoms with E-state index in [2.05, 4.69) is 15.9 Å². The van der Waals surface area contributed by atoms with Gasteiger partial charge in [-0.05, 0) is 22.0 Å². The zero-order valence-electron chi connectivity index (χ0n) is 8.00. The van der Waals surface area contributed by atoms with Crippen LogP contribution in [0.4, 0.5) is 8.78 Å². The number of methoxy groups -OCH3 is 1. The van der Waals surface area contributed by atoms with Crippen molar-refractivity contribution in [3.63, 3.8) is 0 Å². The van der Waals surface area contributed by atoms with Crippen molar-refractivity contribution >= 4 is 21.9 Å². The van der Waals surface area contributed by atoms with Crippen molar-refractivity contribution in [3.8, 4) is 5.75 Å². The molecule has 0 aliphatic rings. The van der Waals surface area contributed by atoms with E-state index in [-0.39, 0.29) is 10.2 Å². The first kappa shape index (κ1) is 12.9. The zero-order chi connectivity index (χ0) is 12.5. The molecule has 1 atom stereocenters. The maximum absolute atomic E-state index is 13.3. The van der Waals surface area contributed by atoms with Crippen LogP contribution in [0.25, 0.3) is 0 Å². The number of carbonyl (C=O) groups is 1. The number of benzene rings is 1. The van der Waals surface area contributed by atoms with E-state index in [1.165, 1.54) is 0 Å². The van der Waals surface area contributed by atoms with Gasteiger partial charge in [-0.2, -0.15) is 0 Å². The number of hydrogen-bond acceptors (Lipinski definition) is 3. The van der Waals surface area contributed by atoms with Crippen molar-refractivity contribution in [2.24, 2.45) is 0 Å². The van der Waals surface area contributed by atoms with Gasteiger partial charge in [-0.15, -0.1) is 0 Å². The molecule has 7 heteroatoms. The van der Waals surface area contributed by atoms with Gasteiger partial charge in [0.1, 0.15) is 5.75 Å². The highest BCUT2D eigenvalue weighted by atomic mass is 79.9. The number of hydrogen-bond donors (Lipinski definition) is 2. The van der Waals surface area contributed by atoms with Crippen LogP contribution >= 0.6 is 15.9 Å². The summed E-state index contributed by atoms with van der Waals surface area (Å²) in [5.74, 6) is -4.68. The van der Waals surface area contributed by atoms with Crippen LogP contribution in [0.3, 0.4) is 0 Å². The lowest BCUT2D eigenvalue weighted by Gasteiger charge is -2.14. The molecule has 16 heavy (non-hydrogen) atoms. The van der Waals surface area contributed by atoms with E-state index in [0.29, 0.717) is 0 Å². The summed E-state index contributed by atoms with van der Waals surface area (Å²) in [7, 11) is 1.15. The molecule has 0 radical (unpaired) electrons. The van der Waals surface area contributed by atoms with Crippen molar-refractivity contribution in [2.75, 3.05) is 7.11 Å². The molecule has 1 unspecified atom stereocenters. The Kier molecular flexibility index (Phi) is 3.82. The molecule has 0 saturated heterocycles. The van der Waals surface area contributed by atoms with Gasteiger partial charge >= 0.3 is 5.97 Å². The Morgan fingerprint density at radius 3 is 2.56 bits per heavy atom. The van der Waals surface area contributed by atoms with Crippen LogP contribution < -0.4 is 4.74 Å². The molecular weight excluding hydrogens is 290 g/mol. The Balaban J connectivity index is 3.50. The standard InChI is InChI=1S/C9H7BrF2O4/c1-16-8-3(10)2-4(11)6(12)5(8)7(13)9(14)15/h2,7,13H,1H3,(H,14,15). The van der Waals surface area contributed by atoms with Gasteiger partial charge in [0.2, 0.25) is 0 Å². The van der Waals surface area contributed by atoms with Crippen LogP contribution in [0.5, 0.6) is 5.75 Å². The number of aliphatic hydroxyl groups excluding tert-OH is 1. The van der Waals surface area contributed by atoms with Crippen molar-refractivity contribution < 1.29 is 28.5 Å².